The lowest BCUT2D eigenvalue weighted by Gasteiger charge is -2.39. The molecule has 118 valence electrons. The first kappa shape index (κ1) is 15.6. The normalized spacial score (nSPS) is 21.8. The molecule has 1 aliphatic rings. The summed E-state index contributed by atoms with van der Waals surface area (Å²) in [6.45, 7) is 1.29. The van der Waals surface area contributed by atoms with Crippen molar-refractivity contribution in [3.63, 3.8) is 0 Å². The van der Waals surface area contributed by atoms with Gasteiger partial charge in [-0.3, -0.25) is 4.90 Å². The average molecular weight is 308 g/mol. The van der Waals surface area contributed by atoms with Gasteiger partial charge < -0.3 is 5.11 Å². The van der Waals surface area contributed by atoms with Gasteiger partial charge in [0.05, 0.1) is 18.2 Å². The average Bonchev–Trinajstić information content (AvgIpc) is 2.60. The van der Waals surface area contributed by atoms with Crippen molar-refractivity contribution in [1.29, 1.82) is 0 Å². The number of benzene rings is 2. The minimum Gasteiger partial charge on any atom is -0.391 e. The number of aliphatic hydroxyl groups excluding tert-OH is 1. The monoisotopic (exact) mass is 308 g/mol. The lowest BCUT2D eigenvalue weighted by molar-refractivity contribution is 0.0395. The van der Waals surface area contributed by atoms with Gasteiger partial charge >= 0.3 is 0 Å². The minimum absolute atomic E-state index is 0.0964. The third-order valence-corrected chi connectivity index (χ3v) is 4.37. The van der Waals surface area contributed by atoms with Crippen LogP contribution in [0.4, 0.5) is 0 Å². The summed E-state index contributed by atoms with van der Waals surface area (Å²) >= 11 is 0. The molecule has 2 aromatic carbocycles. The predicted molar refractivity (Wildman–Crippen MR) is 89.9 cm³/mol. The molecule has 5 nitrogen and oxygen atoms in total. The third kappa shape index (κ3) is 3.54. The van der Waals surface area contributed by atoms with Crippen LogP contribution >= 0.6 is 0 Å². The summed E-state index contributed by atoms with van der Waals surface area (Å²) in [6.07, 6.45) is 0.0380. The quantitative estimate of drug-likeness (QED) is 0.533. The number of aliphatic hydroxyl groups is 1. The molecular formula is C18H20N4O. The summed E-state index contributed by atoms with van der Waals surface area (Å²) in [5.41, 5.74) is 11.0. The molecule has 0 unspecified atom stereocenters. The number of rotatable bonds is 4. The van der Waals surface area contributed by atoms with E-state index >= 15 is 0 Å². The third-order valence-electron chi connectivity index (χ3n) is 4.37. The fourth-order valence-electron chi connectivity index (χ4n) is 3.26. The maximum Gasteiger partial charge on any atom is 0.0752 e. The lowest BCUT2D eigenvalue weighted by Crippen LogP contribution is -2.47. The Morgan fingerprint density at radius 2 is 1.61 bits per heavy atom. The topological polar surface area (TPSA) is 72.2 Å². The summed E-state index contributed by atoms with van der Waals surface area (Å²) in [5, 5.41) is 14.0. The molecule has 1 aliphatic heterocycles. The van der Waals surface area contributed by atoms with Crippen molar-refractivity contribution in [3.05, 3.63) is 82.2 Å². The predicted octanol–water partition coefficient (Wildman–Crippen LogP) is 3.52. The molecular weight excluding hydrogens is 288 g/mol. The van der Waals surface area contributed by atoms with Crippen molar-refractivity contribution in [2.45, 2.75) is 24.6 Å². The van der Waals surface area contributed by atoms with Gasteiger partial charge in [-0.1, -0.05) is 65.8 Å². The Morgan fingerprint density at radius 3 is 2.09 bits per heavy atom. The van der Waals surface area contributed by atoms with Gasteiger partial charge in [-0.15, -0.1) is 0 Å². The zero-order valence-corrected chi connectivity index (χ0v) is 12.9. The number of azide groups is 1. The first-order valence-electron chi connectivity index (χ1n) is 7.86. The molecule has 0 saturated carbocycles. The molecule has 0 radical (unpaired) electrons. The molecule has 0 bridgehead atoms. The molecule has 0 aliphatic carbocycles. The zero-order chi connectivity index (χ0) is 16.1. The molecule has 5 heteroatoms. The van der Waals surface area contributed by atoms with Gasteiger partial charge in [-0.25, -0.2) is 0 Å². The van der Waals surface area contributed by atoms with Crippen LogP contribution in [0, 0.1) is 0 Å². The van der Waals surface area contributed by atoms with Gasteiger partial charge in [-0.2, -0.15) is 0 Å². The summed E-state index contributed by atoms with van der Waals surface area (Å²) < 4.78 is 0. The van der Waals surface area contributed by atoms with Gasteiger partial charge in [0.1, 0.15) is 0 Å². The van der Waals surface area contributed by atoms with E-state index in [4.69, 9.17) is 5.53 Å². The standard InChI is InChI=1S/C18H20N4O/c19-21-20-16-11-12-22(13-17(16)23)18(14-7-3-1-4-8-14)15-9-5-2-6-10-15/h1-10,16-18,23H,11-13H2/t16-,17-/m0/s1. The first-order valence-corrected chi connectivity index (χ1v) is 7.86. The van der Waals surface area contributed by atoms with Crippen molar-refractivity contribution in [1.82, 2.24) is 4.90 Å². The molecule has 1 fully saturated rings. The Kier molecular flexibility index (Phi) is 4.93. The van der Waals surface area contributed by atoms with Crippen LogP contribution < -0.4 is 0 Å². The Labute approximate surface area is 135 Å². The highest BCUT2D eigenvalue weighted by Crippen LogP contribution is 2.31. The molecule has 23 heavy (non-hydrogen) atoms. The Bertz CT molecular complexity index is 630. The van der Waals surface area contributed by atoms with Crippen LogP contribution in [0.2, 0.25) is 0 Å². The molecule has 1 saturated heterocycles. The van der Waals surface area contributed by atoms with Crippen LogP contribution in [0.25, 0.3) is 10.4 Å². The van der Waals surface area contributed by atoms with Crippen LogP contribution in [0.1, 0.15) is 23.6 Å². The van der Waals surface area contributed by atoms with Crippen molar-refractivity contribution in [3.8, 4) is 0 Å². The number of nitrogens with zero attached hydrogens (tertiary/aromatic N) is 4. The molecule has 3 rings (SSSR count). The second-order valence-electron chi connectivity index (χ2n) is 5.85. The van der Waals surface area contributed by atoms with E-state index in [-0.39, 0.29) is 12.1 Å². The maximum absolute atomic E-state index is 10.3. The van der Waals surface area contributed by atoms with Gasteiger partial charge in [-0.05, 0) is 29.6 Å². The van der Waals surface area contributed by atoms with Crippen molar-refractivity contribution in [2.75, 3.05) is 13.1 Å². The highest BCUT2D eigenvalue weighted by atomic mass is 16.3. The Hall–Kier alpha value is -2.33. The Balaban J connectivity index is 1.90. The van der Waals surface area contributed by atoms with E-state index in [0.29, 0.717) is 13.0 Å². The van der Waals surface area contributed by atoms with Gasteiger partial charge in [0.25, 0.3) is 0 Å². The van der Waals surface area contributed by atoms with E-state index in [9.17, 15) is 5.11 Å². The first-order chi connectivity index (χ1) is 11.3. The van der Waals surface area contributed by atoms with Gasteiger partial charge in [0.15, 0.2) is 0 Å². The molecule has 2 aromatic rings. The molecule has 0 aromatic heterocycles. The van der Waals surface area contributed by atoms with Crippen LogP contribution in [0.3, 0.4) is 0 Å². The summed E-state index contributed by atoms with van der Waals surface area (Å²) in [7, 11) is 0. The number of likely N-dealkylation sites (tertiary alicyclic amines) is 1. The van der Waals surface area contributed by atoms with Crippen LogP contribution in [-0.4, -0.2) is 35.2 Å². The van der Waals surface area contributed by atoms with Crippen LogP contribution in [0.5, 0.6) is 0 Å². The molecule has 0 amide bonds. The largest absolute Gasteiger partial charge is 0.391 e. The van der Waals surface area contributed by atoms with Crippen molar-refractivity contribution >= 4 is 0 Å². The van der Waals surface area contributed by atoms with E-state index in [1.807, 2.05) is 36.4 Å². The molecule has 1 heterocycles. The fraction of sp³-hybridized carbons (Fsp3) is 0.333. The summed E-state index contributed by atoms with van der Waals surface area (Å²) in [4.78, 5) is 5.11. The maximum atomic E-state index is 10.3. The van der Waals surface area contributed by atoms with Gasteiger partial charge in [0, 0.05) is 11.5 Å². The molecule has 2 atom stereocenters. The zero-order valence-electron chi connectivity index (χ0n) is 12.9. The SMILES string of the molecule is [N-]=[N+]=N[C@H]1CCN(C(c2ccccc2)c2ccccc2)C[C@@H]1O. The number of piperidine rings is 1. The number of hydrogen-bond donors (Lipinski definition) is 1. The smallest absolute Gasteiger partial charge is 0.0752 e. The van der Waals surface area contributed by atoms with E-state index in [0.717, 1.165) is 6.54 Å². The van der Waals surface area contributed by atoms with Gasteiger partial charge in [0.2, 0.25) is 0 Å². The molecule has 1 N–H and O–H groups in total. The summed E-state index contributed by atoms with van der Waals surface area (Å²) in [5.74, 6) is 0. The van der Waals surface area contributed by atoms with E-state index < -0.39 is 6.10 Å². The van der Waals surface area contributed by atoms with E-state index in [1.54, 1.807) is 0 Å². The second kappa shape index (κ2) is 7.29. The van der Waals surface area contributed by atoms with E-state index in [2.05, 4.69) is 39.2 Å². The minimum atomic E-state index is -0.630. The number of hydrogen-bond acceptors (Lipinski definition) is 3. The van der Waals surface area contributed by atoms with E-state index in [1.165, 1.54) is 11.1 Å². The fourth-order valence-corrected chi connectivity index (χ4v) is 3.26. The lowest BCUT2D eigenvalue weighted by atomic mass is 9.93. The number of β-amino-alcohol motifs (C(OH)–C–C–N with tert-alkyl or cyclic N) is 1. The van der Waals surface area contributed by atoms with Crippen LogP contribution in [0.15, 0.2) is 65.8 Å². The Morgan fingerprint density at radius 1 is 1.04 bits per heavy atom. The van der Waals surface area contributed by atoms with Crippen LogP contribution in [-0.2, 0) is 0 Å². The molecule has 0 spiro atoms. The van der Waals surface area contributed by atoms with Crippen molar-refractivity contribution in [2.24, 2.45) is 5.11 Å². The highest BCUT2D eigenvalue weighted by molar-refractivity contribution is 5.32. The van der Waals surface area contributed by atoms with Crippen molar-refractivity contribution < 1.29 is 5.11 Å². The summed E-state index contributed by atoms with van der Waals surface area (Å²) in [6, 6.07) is 20.4. The highest BCUT2D eigenvalue weighted by Gasteiger charge is 2.32. The second-order valence-corrected chi connectivity index (χ2v) is 5.85.